The van der Waals surface area contributed by atoms with Crippen LogP contribution in [0.2, 0.25) is 0 Å². The summed E-state index contributed by atoms with van der Waals surface area (Å²) in [4.78, 5) is 13.0. The molecule has 0 fully saturated rings. The number of unbranched alkanes of at least 4 members (excludes halogenated alkanes) is 1. The minimum atomic E-state index is -0.355. The molecule has 0 bridgehead atoms. The minimum absolute atomic E-state index is 0.355. The number of oxazole rings is 1. The molecule has 56 valence electrons. The molecule has 0 aromatic carbocycles. The van der Waals surface area contributed by atoms with Gasteiger partial charge in [0, 0.05) is 0 Å². The Hall–Kier alpha value is -0.990. The average Bonchev–Trinajstić information content (AvgIpc) is 2.31. The van der Waals surface area contributed by atoms with Crippen molar-refractivity contribution in [2.75, 3.05) is 0 Å². The van der Waals surface area contributed by atoms with Crippen molar-refractivity contribution in [3.8, 4) is 0 Å². The van der Waals surface area contributed by atoms with Gasteiger partial charge in [0.1, 0.15) is 6.26 Å². The number of aromatic nitrogens is 1. The van der Waals surface area contributed by atoms with Gasteiger partial charge < -0.3 is 4.42 Å². The molecular weight excluding hydrogens is 130 g/mol. The van der Waals surface area contributed by atoms with Crippen molar-refractivity contribution in [1.82, 2.24) is 4.98 Å². The van der Waals surface area contributed by atoms with Gasteiger partial charge in [-0.25, -0.2) is 4.79 Å². The van der Waals surface area contributed by atoms with Crippen LogP contribution in [0.5, 0.6) is 0 Å². The van der Waals surface area contributed by atoms with E-state index in [1.807, 2.05) is 0 Å². The molecule has 1 aromatic rings. The topological polar surface area (TPSA) is 46.0 Å². The number of hydrogen-bond acceptors (Lipinski definition) is 2. The third-order valence-electron chi connectivity index (χ3n) is 1.37. The molecule has 0 aliphatic heterocycles. The predicted molar refractivity (Wildman–Crippen MR) is 37.9 cm³/mol. The van der Waals surface area contributed by atoms with Gasteiger partial charge in [-0.1, -0.05) is 13.3 Å². The standard InChI is InChI=1S/C7H11NO2/c1-2-3-4-6-5-10-7(9)8-6/h5H,2-4H2,1H3,(H,8,9). The van der Waals surface area contributed by atoms with Crippen LogP contribution in [0.4, 0.5) is 0 Å². The predicted octanol–water partition coefficient (Wildman–Crippen LogP) is 1.31. The zero-order chi connectivity index (χ0) is 7.40. The molecule has 10 heavy (non-hydrogen) atoms. The van der Waals surface area contributed by atoms with Crippen molar-refractivity contribution < 1.29 is 4.42 Å². The molecule has 0 spiro atoms. The van der Waals surface area contributed by atoms with Gasteiger partial charge in [-0.3, -0.25) is 4.98 Å². The molecule has 3 nitrogen and oxygen atoms in total. The molecule has 1 rings (SSSR count). The van der Waals surface area contributed by atoms with Crippen LogP contribution in [0.3, 0.4) is 0 Å². The third kappa shape index (κ3) is 1.76. The molecule has 0 unspecified atom stereocenters. The molecular formula is C7H11NO2. The second-order valence-corrected chi connectivity index (χ2v) is 2.28. The molecule has 0 radical (unpaired) electrons. The normalized spacial score (nSPS) is 10.1. The molecule has 0 saturated carbocycles. The average molecular weight is 141 g/mol. The van der Waals surface area contributed by atoms with E-state index in [1.165, 1.54) is 6.26 Å². The molecule has 1 aromatic heterocycles. The van der Waals surface area contributed by atoms with Gasteiger partial charge in [0.15, 0.2) is 0 Å². The van der Waals surface area contributed by atoms with E-state index in [0.29, 0.717) is 0 Å². The van der Waals surface area contributed by atoms with E-state index in [4.69, 9.17) is 0 Å². The van der Waals surface area contributed by atoms with Gasteiger partial charge in [-0.15, -0.1) is 0 Å². The van der Waals surface area contributed by atoms with E-state index in [9.17, 15) is 4.79 Å². The summed E-state index contributed by atoms with van der Waals surface area (Å²) in [6, 6.07) is 0. The van der Waals surface area contributed by atoms with E-state index < -0.39 is 0 Å². The molecule has 3 heteroatoms. The van der Waals surface area contributed by atoms with Crippen molar-refractivity contribution in [2.24, 2.45) is 0 Å². The Morgan fingerprint density at radius 1 is 1.70 bits per heavy atom. The second kappa shape index (κ2) is 3.25. The van der Waals surface area contributed by atoms with Gasteiger partial charge in [0.25, 0.3) is 0 Å². The van der Waals surface area contributed by atoms with Crippen LogP contribution in [0.15, 0.2) is 15.5 Å². The lowest BCUT2D eigenvalue weighted by Gasteiger charge is -1.89. The Morgan fingerprint density at radius 2 is 2.50 bits per heavy atom. The van der Waals surface area contributed by atoms with Crippen molar-refractivity contribution in [1.29, 1.82) is 0 Å². The Labute approximate surface area is 59.1 Å². The molecule has 0 saturated heterocycles. The lowest BCUT2D eigenvalue weighted by molar-refractivity contribution is 0.514. The molecule has 0 atom stereocenters. The number of aryl methyl sites for hydroxylation is 1. The molecule has 0 amide bonds. The smallest absolute Gasteiger partial charge is 0.416 e. The molecule has 1 N–H and O–H groups in total. The lowest BCUT2D eigenvalue weighted by atomic mass is 10.2. The Kier molecular flexibility index (Phi) is 2.31. The van der Waals surface area contributed by atoms with Gasteiger partial charge in [-0.05, 0) is 12.8 Å². The largest absolute Gasteiger partial charge is 0.416 e. The van der Waals surface area contributed by atoms with E-state index in [0.717, 1.165) is 25.0 Å². The van der Waals surface area contributed by atoms with Gasteiger partial charge in [0.2, 0.25) is 0 Å². The van der Waals surface area contributed by atoms with Gasteiger partial charge in [0.05, 0.1) is 5.69 Å². The maximum atomic E-state index is 10.4. The van der Waals surface area contributed by atoms with Crippen LogP contribution in [-0.4, -0.2) is 4.98 Å². The highest BCUT2D eigenvalue weighted by Gasteiger charge is 1.94. The minimum Gasteiger partial charge on any atom is -0.416 e. The van der Waals surface area contributed by atoms with Crippen LogP contribution in [0, 0.1) is 0 Å². The SMILES string of the molecule is CCCCc1coc(=O)[nH]1. The van der Waals surface area contributed by atoms with E-state index in [1.54, 1.807) is 0 Å². The zero-order valence-corrected chi connectivity index (χ0v) is 6.02. The summed E-state index contributed by atoms with van der Waals surface area (Å²) < 4.78 is 4.55. The number of nitrogens with one attached hydrogen (secondary N) is 1. The van der Waals surface area contributed by atoms with Gasteiger partial charge in [-0.2, -0.15) is 0 Å². The highest BCUT2D eigenvalue weighted by Crippen LogP contribution is 1.97. The summed E-state index contributed by atoms with van der Waals surface area (Å²) in [5.74, 6) is -0.355. The third-order valence-corrected chi connectivity index (χ3v) is 1.37. The van der Waals surface area contributed by atoms with E-state index in [-0.39, 0.29) is 5.76 Å². The summed E-state index contributed by atoms with van der Waals surface area (Å²) >= 11 is 0. The first kappa shape index (κ1) is 7.12. The van der Waals surface area contributed by atoms with Crippen molar-refractivity contribution in [2.45, 2.75) is 26.2 Å². The van der Waals surface area contributed by atoms with Crippen LogP contribution in [-0.2, 0) is 6.42 Å². The molecule has 0 aliphatic rings. The molecule has 0 aliphatic carbocycles. The second-order valence-electron chi connectivity index (χ2n) is 2.28. The van der Waals surface area contributed by atoms with Crippen LogP contribution < -0.4 is 5.76 Å². The zero-order valence-electron chi connectivity index (χ0n) is 6.02. The first-order chi connectivity index (χ1) is 4.83. The molecule has 1 heterocycles. The van der Waals surface area contributed by atoms with E-state index in [2.05, 4.69) is 16.3 Å². The van der Waals surface area contributed by atoms with Gasteiger partial charge >= 0.3 is 5.76 Å². The van der Waals surface area contributed by atoms with E-state index >= 15 is 0 Å². The van der Waals surface area contributed by atoms with Crippen molar-refractivity contribution in [3.05, 3.63) is 22.5 Å². The summed E-state index contributed by atoms with van der Waals surface area (Å²) in [6.45, 7) is 2.11. The van der Waals surface area contributed by atoms with Crippen LogP contribution in [0.1, 0.15) is 25.5 Å². The highest BCUT2D eigenvalue weighted by atomic mass is 16.4. The first-order valence-electron chi connectivity index (χ1n) is 3.49. The highest BCUT2D eigenvalue weighted by molar-refractivity contribution is 4.90. The van der Waals surface area contributed by atoms with Crippen molar-refractivity contribution >= 4 is 0 Å². The number of H-pyrrole nitrogens is 1. The summed E-state index contributed by atoms with van der Waals surface area (Å²) in [6.07, 6.45) is 4.61. The summed E-state index contributed by atoms with van der Waals surface area (Å²) in [5, 5.41) is 0. The quantitative estimate of drug-likeness (QED) is 0.689. The number of rotatable bonds is 3. The number of aromatic amines is 1. The van der Waals surface area contributed by atoms with Crippen LogP contribution in [0.25, 0.3) is 0 Å². The van der Waals surface area contributed by atoms with Crippen LogP contribution >= 0.6 is 0 Å². The van der Waals surface area contributed by atoms with Crippen molar-refractivity contribution in [3.63, 3.8) is 0 Å². The first-order valence-corrected chi connectivity index (χ1v) is 3.49. The summed E-state index contributed by atoms with van der Waals surface area (Å²) in [5.41, 5.74) is 0.895. The number of hydrogen-bond donors (Lipinski definition) is 1. The Bertz CT molecular complexity index is 236. The summed E-state index contributed by atoms with van der Waals surface area (Å²) in [7, 11) is 0. The fraction of sp³-hybridized carbons (Fsp3) is 0.571. The fourth-order valence-electron chi connectivity index (χ4n) is 0.803. The maximum absolute atomic E-state index is 10.4. The Balaban J connectivity index is 2.50. The Morgan fingerprint density at radius 3 is 3.00 bits per heavy atom. The maximum Gasteiger partial charge on any atom is 0.416 e. The fourth-order valence-corrected chi connectivity index (χ4v) is 0.803. The lowest BCUT2D eigenvalue weighted by Crippen LogP contribution is -1.96. The monoisotopic (exact) mass is 141 g/mol.